The number of Topliss-reactive ketones (excluding diaryl/α,β-unsaturated/α-hetero) is 1. The average molecular weight is 579 g/mol. The first-order valence-electron chi connectivity index (χ1n) is 12.7. The summed E-state index contributed by atoms with van der Waals surface area (Å²) in [5, 5.41) is 19.5. The van der Waals surface area contributed by atoms with Gasteiger partial charge in [0.15, 0.2) is 11.9 Å². The number of ether oxygens (including phenoxy) is 1. The van der Waals surface area contributed by atoms with Crippen LogP contribution < -0.4 is 4.74 Å². The van der Waals surface area contributed by atoms with Gasteiger partial charge in [-0.2, -0.15) is 13.2 Å². The topological polar surface area (TPSA) is 126 Å². The number of nitrogens with zero attached hydrogens (tertiary/aromatic N) is 1. The summed E-state index contributed by atoms with van der Waals surface area (Å²) < 4.78 is 42.0. The molecular weight excluding hydrogens is 545 g/mol. The molecule has 1 aliphatic rings. The van der Waals surface area contributed by atoms with Gasteiger partial charge in [-0.25, -0.2) is 19.4 Å². The lowest BCUT2D eigenvalue weighted by molar-refractivity contribution is -0.288. The number of rotatable bonds is 6. The normalized spacial score (nSPS) is 14.4. The smallest absolute Gasteiger partial charge is 0.495 e. The van der Waals surface area contributed by atoms with Crippen LogP contribution >= 0.6 is 0 Å². The number of fused-ring (bicyclic) bond motifs is 1. The molecule has 41 heavy (non-hydrogen) atoms. The number of carbonyl (C=O) groups is 3. The number of hydrogen-bond acceptors (Lipinski definition) is 8. The summed E-state index contributed by atoms with van der Waals surface area (Å²) in [6, 6.07) is 7.94. The molecule has 12 heteroatoms. The Balaban J connectivity index is 1.73. The van der Waals surface area contributed by atoms with Crippen LogP contribution in [0.2, 0.25) is 0 Å². The number of phenols is 1. The van der Waals surface area contributed by atoms with Gasteiger partial charge in [0.05, 0.1) is 6.54 Å². The van der Waals surface area contributed by atoms with E-state index in [-0.39, 0.29) is 36.2 Å². The molecule has 0 aromatic heterocycles. The highest BCUT2D eigenvalue weighted by Crippen LogP contribution is 2.40. The SMILES string of the molecule is CC(Oc1ccc2c(c1)CN(CC(=O)c1cc(C(C)(C)C)c(O)c(C(C)(C)C)c1)C2=N)C(=O)OOC(=O)C(F)(F)F. The Bertz CT molecular complexity index is 1350. The molecule has 3 rings (SSSR count). The quantitative estimate of drug-likeness (QED) is 0.267. The first kappa shape index (κ1) is 31.4. The zero-order valence-electron chi connectivity index (χ0n) is 23.9. The molecule has 2 aromatic carbocycles. The van der Waals surface area contributed by atoms with E-state index in [1.54, 1.807) is 23.1 Å². The van der Waals surface area contributed by atoms with Gasteiger partial charge < -0.3 is 14.7 Å². The summed E-state index contributed by atoms with van der Waals surface area (Å²) in [5.74, 6) is -3.86. The maximum Gasteiger partial charge on any atom is 0.495 e. The van der Waals surface area contributed by atoms with E-state index in [2.05, 4.69) is 9.78 Å². The van der Waals surface area contributed by atoms with E-state index in [0.29, 0.717) is 27.8 Å². The lowest BCUT2D eigenvalue weighted by atomic mass is 9.78. The van der Waals surface area contributed by atoms with Crippen molar-refractivity contribution in [3.05, 3.63) is 58.1 Å². The maximum absolute atomic E-state index is 13.4. The standard InChI is InChI=1S/C29H33F3N2O7/c1-15(25(37)40-41-26(38)29(30,31)32)39-18-8-9-19-17(10-18)13-34(24(19)33)14-22(35)16-11-20(27(2,3)4)23(36)21(12-16)28(5,6)7/h8-12,15,33,36H,13-14H2,1-7H3. The lowest BCUT2D eigenvalue weighted by Crippen LogP contribution is -2.31. The molecule has 0 bridgehead atoms. The van der Waals surface area contributed by atoms with E-state index in [1.165, 1.54) is 19.1 Å². The number of halogens is 3. The minimum Gasteiger partial charge on any atom is -0.507 e. The van der Waals surface area contributed by atoms with E-state index in [4.69, 9.17) is 10.1 Å². The predicted molar refractivity (Wildman–Crippen MR) is 142 cm³/mol. The van der Waals surface area contributed by atoms with E-state index in [0.717, 1.165) is 0 Å². The molecule has 1 atom stereocenters. The number of phenolic OH excluding ortho intramolecular Hbond substituents is 1. The maximum atomic E-state index is 13.4. The van der Waals surface area contributed by atoms with Crippen LogP contribution in [0.15, 0.2) is 30.3 Å². The van der Waals surface area contributed by atoms with Gasteiger partial charge >= 0.3 is 18.1 Å². The van der Waals surface area contributed by atoms with Crippen LogP contribution in [0.4, 0.5) is 13.2 Å². The van der Waals surface area contributed by atoms with Gasteiger partial charge in [0.25, 0.3) is 0 Å². The number of nitrogens with one attached hydrogen (secondary N) is 1. The molecule has 1 heterocycles. The van der Waals surface area contributed by atoms with Crippen LogP contribution in [-0.2, 0) is 36.7 Å². The average Bonchev–Trinajstić information content (AvgIpc) is 3.14. The number of ketones is 1. The fourth-order valence-corrected chi connectivity index (χ4v) is 4.24. The second-order valence-corrected chi connectivity index (χ2v) is 11.9. The first-order valence-corrected chi connectivity index (χ1v) is 12.7. The molecule has 9 nitrogen and oxygen atoms in total. The van der Waals surface area contributed by atoms with E-state index in [9.17, 15) is 32.7 Å². The second kappa shape index (κ2) is 11.1. The Morgan fingerprint density at radius 2 is 1.54 bits per heavy atom. The summed E-state index contributed by atoms with van der Waals surface area (Å²) in [5.41, 5.74) is 2.04. The van der Waals surface area contributed by atoms with Gasteiger partial charge in [0, 0.05) is 28.8 Å². The van der Waals surface area contributed by atoms with Crippen molar-refractivity contribution >= 4 is 23.6 Å². The van der Waals surface area contributed by atoms with E-state index >= 15 is 0 Å². The third-order valence-electron chi connectivity index (χ3n) is 6.47. The Morgan fingerprint density at radius 3 is 2.05 bits per heavy atom. The summed E-state index contributed by atoms with van der Waals surface area (Å²) >= 11 is 0. The Hall–Kier alpha value is -4.09. The molecule has 2 N–H and O–H groups in total. The van der Waals surface area contributed by atoms with Crippen molar-refractivity contribution in [1.29, 1.82) is 5.41 Å². The number of alkyl halides is 3. The van der Waals surface area contributed by atoms with E-state index in [1.807, 2.05) is 41.5 Å². The molecule has 0 spiro atoms. The van der Waals surface area contributed by atoms with Gasteiger partial charge in [0.2, 0.25) is 0 Å². The summed E-state index contributed by atoms with van der Waals surface area (Å²) in [4.78, 5) is 45.0. The van der Waals surface area contributed by atoms with Crippen molar-refractivity contribution in [1.82, 2.24) is 4.90 Å². The molecule has 0 fully saturated rings. The second-order valence-electron chi connectivity index (χ2n) is 11.9. The van der Waals surface area contributed by atoms with Gasteiger partial charge in [-0.15, -0.1) is 0 Å². The summed E-state index contributed by atoms with van der Waals surface area (Å²) in [6.45, 7) is 13.0. The zero-order valence-corrected chi connectivity index (χ0v) is 23.9. The third-order valence-corrected chi connectivity index (χ3v) is 6.47. The molecule has 0 amide bonds. The number of amidine groups is 1. The fourth-order valence-electron chi connectivity index (χ4n) is 4.24. The minimum absolute atomic E-state index is 0.102. The van der Waals surface area contributed by atoms with Gasteiger partial charge in [-0.05, 0) is 53.6 Å². The monoisotopic (exact) mass is 578 g/mol. The Kier molecular flexibility index (Phi) is 8.48. The van der Waals surface area contributed by atoms with E-state index < -0.39 is 35.0 Å². The molecular formula is C29H33F3N2O7. The van der Waals surface area contributed by atoms with Crippen LogP contribution in [0.5, 0.6) is 11.5 Å². The molecule has 0 saturated carbocycles. The largest absolute Gasteiger partial charge is 0.507 e. The molecule has 0 radical (unpaired) electrons. The Labute approximate surface area is 235 Å². The predicted octanol–water partition coefficient (Wildman–Crippen LogP) is 5.34. The number of benzene rings is 2. The Morgan fingerprint density at radius 1 is 0.976 bits per heavy atom. The van der Waals surface area contributed by atoms with Crippen molar-refractivity contribution in [3.8, 4) is 11.5 Å². The van der Waals surface area contributed by atoms with Crippen LogP contribution in [0, 0.1) is 5.41 Å². The van der Waals surface area contributed by atoms with Crippen molar-refractivity contribution < 1.29 is 47.2 Å². The van der Waals surface area contributed by atoms with Crippen molar-refractivity contribution in [2.75, 3.05) is 6.54 Å². The van der Waals surface area contributed by atoms with Crippen LogP contribution in [0.25, 0.3) is 0 Å². The molecule has 1 unspecified atom stereocenters. The van der Waals surface area contributed by atoms with Crippen LogP contribution in [0.1, 0.15) is 81.1 Å². The molecule has 0 saturated heterocycles. The van der Waals surface area contributed by atoms with Crippen LogP contribution in [-0.4, -0.2) is 52.4 Å². The highest BCUT2D eigenvalue weighted by molar-refractivity contribution is 6.05. The first-order chi connectivity index (χ1) is 18.7. The molecule has 0 aliphatic carbocycles. The zero-order chi connectivity index (χ0) is 31.1. The number of aromatic hydroxyl groups is 1. The highest BCUT2D eigenvalue weighted by Gasteiger charge is 2.43. The van der Waals surface area contributed by atoms with Gasteiger partial charge in [-0.3, -0.25) is 10.2 Å². The van der Waals surface area contributed by atoms with Crippen molar-refractivity contribution in [2.24, 2.45) is 0 Å². The number of hydrogen-bond donors (Lipinski definition) is 2. The van der Waals surface area contributed by atoms with Gasteiger partial charge in [0.1, 0.15) is 17.3 Å². The molecule has 1 aliphatic heterocycles. The highest BCUT2D eigenvalue weighted by atomic mass is 19.4. The van der Waals surface area contributed by atoms with Gasteiger partial charge in [-0.1, -0.05) is 41.5 Å². The van der Waals surface area contributed by atoms with Crippen LogP contribution in [0.3, 0.4) is 0 Å². The fraction of sp³-hybridized carbons (Fsp3) is 0.448. The minimum atomic E-state index is -5.33. The van der Waals surface area contributed by atoms with Crippen molar-refractivity contribution in [3.63, 3.8) is 0 Å². The number of carbonyl (C=O) groups excluding carboxylic acids is 3. The van der Waals surface area contributed by atoms with Crippen molar-refractivity contribution in [2.45, 2.75) is 78.1 Å². The summed E-state index contributed by atoms with van der Waals surface area (Å²) in [7, 11) is 0. The molecule has 2 aromatic rings. The third kappa shape index (κ3) is 7.17. The lowest BCUT2D eigenvalue weighted by Gasteiger charge is -2.28. The molecule has 222 valence electrons. The summed E-state index contributed by atoms with van der Waals surface area (Å²) in [6.07, 6.45) is -6.75.